The molecule has 2 heterocycles. The second kappa shape index (κ2) is 3.09. The molecule has 0 spiro atoms. The lowest BCUT2D eigenvalue weighted by atomic mass is 10.0. The largest absolute Gasteiger partial charge is 0.369 e. The standard InChI is InChI=1S/C7H9N5O2/c1-4-5(6(8)13)7(14-11-4)12-3-9-2-10-12/h2-3,5,7H,1H3,(H2,8,13). The molecule has 2 unspecified atom stereocenters. The minimum atomic E-state index is -0.602. The van der Waals surface area contributed by atoms with Gasteiger partial charge >= 0.3 is 0 Å². The fourth-order valence-corrected chi connectivity index (χ4v) is 1.36. The zero-order valence-corrected chi connectivity index (χ0v) is 7.49. The molecular weight excluding hydrogens is 186 g/mol. The molecule has 14 heavy (non-hydrogen) atoms. The molecule has 0 saturated carbocycles. The van der Waals surface area contributed by atoms with E-state index in [1.165, 1.54) is 17.3 Å². The number of aromatic nitrogens is 3. The van der Waals surface area contributed by atoms with Gasteiger partial charge in [-0.2, -0.15) is 5.10 Å². The van der Waals surface area contributed by atoms with E-state index in [-0.39, 0.29) is 0 Å². The van der Waals surface area contributed by atoms with Crippen molar-refractivity contribution in [1.29, 1.82) is 0 Å². The lowest BCUT2D eigenvalue weighted by Crippen LogP contribution is -2.33. The first-order valence-corrected chi connectivity index (χ1v) is 4.04. The highest BCUT2D eigenvalue weighted by atomic mass is 16.7. The molecule has 7 heteroatoms. The van der Waals surface area contributed by atoms with Crippen molar-refractivity contribution in [2.24, 2.45) is 16.8 Å². The summed E-state index contributed by atoms with van der Waals surface area (Å²) in [4.78, 5) is 19.9. The van der Waals surface area contributed by atoms with Crippen molar-refractivity contribution in [3.63, 3.8) is 0 Å². The van der Waals surface area contributed by atoms with Gasteiger partial charge in [0, 0.05) is 0 Å². The van der Waals surface area contributed by atoms with Crippen LogP contribution in [0.25, 0.3) is 0 Å². The van der Waals surface area contributed by atoms with Crippen molar-refractivity contribution < 1.29 is 9.63 Å². The average molecular weight is 195 g/mol. The van der Waals surface area contributed by atoms with Crippen LogP contribution in [0, 0.1) is 5.92 Å². The van der Waals surface area contributed by atoms with Crippen LogP contribution in [-0.2, 0) is 9.63 Å². The molecule has 2 atom stereocenters. The molecule has 74 valence electrons. The Morgan fingerprint density at radius 1 is 1.71 bits per heavy atom. The fourth-order valence-electron chi connectivity index (χ4n) is 1.36. The molecule has 1 aliphatic rings. The highest BCUT2D eigenvalue weighted by Crippen LogP contribution is 2.26. The Hall–Kier alpha value is -1.92. The molecule has 2 N–H and O–H groups in total. The van der Waals surface area contributed by atoms with Crippen LogP contribution in [0.4, 0.5) is 0 Å². The Bertz CT molecular complexity index is 371. The monoisotopic (exact) mass is 195 g/mol. The summed E-state index contributed by atoms with van der Waals surface area (Å²) in [5, 5.41) is 7.57. The summed E-state index contributed by atoms with van der Waals surface area (Å²) in [6.45, 7) is 1.69. The van der Waals surface area contributed by atoms with Crippen molar-refractivity contribution in [3.8, 4) is 0 Å². The smallest absolute Gasteiger partial charge is 0.237 e. The van der Waals surface area contributed by atoms with Crippen LogP contribution in [0.5, 0.6) is 0 Å². The number of carbonyl (C=O) groups is 1. The summed E-state index contributed by atoms with van der Waals surface area (Å²) in [5.41, 5.74) is 5.78. The van der Waals surface area contributed by atoms with Gasteiger partial charge in [0.05, 0.1) is 5.71 Å². The minimum Gasteiger partial charge on any atom is -0.369 e. The number of amides is 1. The Kier molecular flexibility index (Phi) is 1.91. The van der Waals surface area contributed by atoms with Gasteiger partial charge in [-0.1, -0.05) is 5.16 Å². The highest BCUT2D eigenvalue weighted by molar-refractivity contribution is 6.03. The first-order valence-electron chi connectivity index (χ1n) is 4.04. The van der Waals surface area contributed by atoms with Crippen molar-refractivity contribution >= 4 is 11.6 Å². The van der Waals surface area contributed by atoms with Gasteiger partial charge in [-0.15, -0.1) is 0 Å². The van der Waals surface area contributed by atoms with Crippen LogP contribution < -0.4 is 5.73 Å². The van der Waals surface area contributed by atoms with Gasteiger partial charge in [0.25, 0.3) is 0 Å². The maximum Gasteiger partial charge on any atom is 0.237 e. The molecule has 0 aliphatic carbocycles. The molecular formula is C7H9N5O2. The number of hydrogen-bond acceptors (Lipinski definition) is 5. The zero-order chi connectivity index (χ0) is 10.1. The third-order valence-corrected chi connectivity index (χ3v) is 2.04. The van der Waals surface area contributed by atoms with Crippen molar-refractivity contribution in [1.82, 2.24) is 14.8 Å². The van der Waals surface area contributed by atoms with E-state index in [4.69, 9.17) is 10.6 Å². The van der Waals surface area contributed by atoms with Crippen LogP contribution >= 0.6 is 0 Å². The van der Waals surface area contributed by atoms with Crippen LogP contribution in [-0.4, -0.2) is 26.4 Å². The number of hydrogen-bond donors (Lipinski definition) is 1. The van der Waals surface area contributed by atoms with Gasteiger partial charge < -0.3 is 10.6 Å². The molecule has 7 nitrogen and oxygen atoms in total. The summed E-state index contributed by atoms with van der Waals surface area (Å²) in [5.74, 6) is -1.05. The normalized spacial score (nSPS) is 25.6. The minimum absolute atomic E-state index is 0.482. The van der Waals surface area contributed by atoms with Gasteiger partial charge in [0.15, 0.2) is 0 Å². The molecule has 0 fully saturated rings. The molecule has 0 saturated heterocycles. The fraction of sp³-hybridized carbons (Fsp3) is 0.429. The van der Waals surface area contributed by atoms with E-state index in [1.807, 2.05) is 0 Å². The first-order chi connectivity index (χ1) is 6.70. The van der Waals surface area contributed by atoms with Crippen LogP contribution in [0.2, 0.25) is 0 Å². The molecule has 1 aromatic heterocycles. The van der Waals surface area contributed by atoms with Crippen molar-refractivity contribution in [3.05, 3.63) is 12.7 Å². The molecule has 0 aromatic carbocycles. The summed E-state index contributed by atoms with van der Waals surface area (Å²) in [7, 11) is 0. The van der Waals surface area contributed by atoms with E-state index in [2.05, 4.69) is 15.2 Å². The lowest BCUT2D eigenvalue weighted by Gasteiger charge is -2.13. The van der Waals surface area contributed by atoms with E-state index in [0.717, 1.165) is 0 Å². The molecule has 2 rings (SSSR count). The Morgan fingerprint density at radius 3 is 3.07 bits per heavy atom. The van der Waals surface area contributed by atoms with Gasteiger partial charge in [0.2, 0.25) is 12.1 Å². The van der Waals surface area contributed by atoms with Gasteiger partial charge in [-0.25, -0.2) is 9.67 Å². The molecule has 0 bridgehead atoms. The third-order valence-electron chi connectivity index (χ3n) is 2.04. The first kappa shape index (κ1) is 8.67. The van der Waals surface area contributed by atoms with E-state index in [0.29, 0.717) is 5.71 Å². The second-order valence-corrected chi connectivity index (χ2v) is 2.98. The predicted molar refractivity (Wildman–Crippen MR) is 45.9 cm³/mol. The topological polar surface area (TPSA) is 95.4 Å². The van der Waals surface area contributed by atoms with Gasteiger partial charge in [-0.3, -0.25) is 4.79 Å². The lowest BCUT2D eigenvalue weighted by molar-refractivity contribution is -0.125. The number of nitrogens with two attached hydrogens (primary N) is 1. The van der Waals surface area contributed by atoms with Gasteiger partial charge in [0.1, 0.15) is 18.6 Å². The summed E-state index contributed by atoms with van der Waals surface area (Å²) < 4.78 is 1.41. The summed E-state index contributed by atoms with van der Waals surface area (Å²) in [6.07, 6.45) is 2.21. The number of nitrogens with zero attached hydrogens (tertiary/aromatic N) is 4. The number of oxime groups is 1. The van der Waals surface area contributed by atoms with E-state index in [1.54, 1.807) is 6.92 Å². The molecule has 1 aliphatic heterocycles. The van der Waals surface area contributed by atoms with Crippen molar-refractivity contribution in [2.75, 3.05) is 0 Å². The predicted octanol–water partition coefficient (Wildman–Crippen LogP) is -0.716. The Labute approximate surface area is 79.5 Å². The number of primary amides is 1. The quantitative estimate of drug-likeness (QED) is 0.673. The maximum absolute atomic E-state index is 11.1. The van der Waals surface area contributed by atoms with Crippen molar-refractivity contribution in [2.45, 2.75) is 13.2 Å². The molecule has 1 aromatic rings. The Balaban J connectivity index is 2.27. The van der Waals surface area contributed by atoms with Gasteiger partial charge in [-0.05, 0) is 6.92 Å². The van der Waals surface area contributed by atoms with E-state index >= 15 is 0 Å². The molecule has 0 radical (unpaired) electrons. The van der Waals surface area contributed by atoms with E-state index < -0.39 is 18.1 Å². The molecule has 1 amide bonds. The second-order valence-electron chi connectivity index (χ2n) is 2.98. The SMILES string of the molecule is CC1=NOC(n2cncn2)C1C(N)=O. The summed E-state index contributed by atoms with van der Waals surface area (Å²) in [6, 6.07) is 0. The number of rotatable bonds is 2. The summed E-state index contributed by atoms with van der Waals surface area (Å²) >= 11 is 0. The number of carbonyl (C=O) groups excluding carboxylic acids is 1. The average Bonchev–Trinajstić information content (AvgIpc) is 2.70. The third kappa shape index (κ3) is 1.22. The maximum atomic E-state index is 11.1. The van der Waals surface area contributed by atoms with Crippen LogP contribution in [0.3, 0.4) is 0 Å². The van der Waals surface area contributed by atoms with E-state index in [9.17, 15) is 4.79 Å². The Morgan fingerprint density at radius 2 is 2.50 bits per heavy atom. The van der Waals surface area contributed by atoms with Crippen LogP contribution in [0.1, 0.15) is 13.2 Å². The highest BCUT2D eigenvalue weighted by Gasteiger charge is 2.38. The van der Waals surface area contributed by atoms with Crippen LogP contribution in [0.15, 0.2) is 17.8 Å². The zero-order valence-electron chi connectivity index (χ0n) is 7.49.